The molecule has 3 aromatic rings. The lowest BCUT2D eigenvalue weighted by Crippen LogP contribution is -2.26. The van der Waals surface area contributed by atoms with E-state index in [1.54, 1.807) is 22.8 Å². The minimum absolute atomic E-state index is 0.0173. The lowest BCUT2D eigenvalue weighted by atomic mass is 10.0. The van der Waals surface area contributed by atoms with Gasteiger partial charge in [0, 0.05) is 34.7 Å². The second kappa shape index (κ2) is 7.23. The van der Waals surface area contributed by atoms with Gasteiger partial charge in [-0.3, -0.25) is 9.59 Å². The molecule has 1 aromatic carbocycles. The Bertz CT molecular complexity index is 1210. The van der Waals surface area contributed by atoms with E-state index in [1.165, 1.54) is 7.11 Å². The van der Waals surface area contributed by atoms with Crippen molar-refractivity contribution in [3.8, 4) is 17.1 Å². The van der Waals surface area contributed by atoms with Crippen LogP contribution in [0.4, 0.5) is 0 Å². The summed E-state index contributed by atoms with van der Waals surface area (Å²) in [5.41, 5.74) is 3.55. The normalized spacial score (nSPS) is 13.1. The molecule has 4 rings (SSSR count). The van der Waals surface area contributed by atoms with Crippen molar-refractivity contribution in [1.82, 2.24) is 9.55 Å². The third kappa shape index (κ3) is 2.93. The molecule has 3 heterocycles. The first-order valence-electron chi connectivity index (χ1n) is 8.93. The molecule has 29 heavy (non-hydrogen) atoms. The molecule has 1 unspecified atom stereocenters. The van der Waals surface area contributed by atoms with Crippen LogP contribution in [0.3, 0.4) is 0 Å². The number of benzene rings is 1. The molecule has 0 saturated heterocycles. The van der Waals surface area contributed by atoms with E-state index in [0.717, 1.165) is 16.5 Å². The Hall–Kier alpha value is -3.36. The highest BCUT2D eigenvalue weighted by Crippen LogP contribution is 2.36. The van der Waals surface area contributed by atoms with E-state index in [1.807, 2.05) is 13.0 Å². The summed E-state index contributed by atoms with van der Waals surface area (Å²) in [6.07, 6.45) is -1.04. The maximum atomic E-state index is 13.0. The quantitative estimate of drug-likeness (QED) is 0.495. The molecular formula is C21H18N2O6. The third-order valence-corrected chi connectivity index (χ3v) is 5.21. The van der Waals surface area contributed by atoms with Gasteiger partial charge in [0.05, 0.1) is 30.1 Å². The van der Waals surface area contributed by atoms with Crippen molar-refractivity contribution >= 4 is 23.7 Å². The molecule has 8 nitrogen and oxygen atoms in total. The highest BCUT2D eigenvalue weighted by Gasteiger charge is 2.27. The van der Waals surface area contributed by atoms with Gasteiger partial charge in [-0.25, -0.2) is 4.98 Å². The number of aliphatic hydroxyl groups excluding tert-OH is 1. The lowest BCUT2D eigenvalue weighted by Gasteiger charge is -2.14. The van der Waals surface area contributed by atoms with Crippen LogP contribution in [0.2, 0.25) is 0 Å². The van der Waals surface area contributed by atoms with E-state index >= 15 is 0 Å². The molecule has 1 aliphatic rings. The number of hydrogen-bond donors (Lipinski definition) is 1. The highest BCUT2D eigenvalue weighted by molar-refractivity contribution is 5.88. The van der Waals surface area contributed by atoms with E-state index in [-0.39, 0.29) is 23.3 Å². The number of rotatable bonds is 6. The largest absolute Gasteiger partial charge is 0.428 e. The minimum Gasteiger partial charge on any atom is -0.428 e. The zero-order valence-corrected chi connectivity index (χ0v) is 15.8. The van der Waals surface area contributed by atoms with Crippen molar-refractivity contribution in [1.29, 1.82) is 0 Å². The number of nitrogens with zero attached hydrogens (tertiary/aromatic N) is 2. The van der Waals surface area contributed by atoms with Gasteiger partial charge in [0.2, 0.25) is 0 Å². The SMILES string of the molecule is COCc1c(C(O)C=O)cc2n(c1=O)Cc1cc3c(C)c(OC=O)ccc3nc1-2. The van der Waals surface area contributed by atoms with E-state index in [2.05, 4.69) is 0 Å². The number of aldehydes is 1. The number of carbonyl (C=O) groups excluding carboxylic acids is 2. The summed E-state index contributed by atoms with van der Waals surface area (Å²) < 4.78 is 11.7. The molecule has 0 radical (unpaired) electrons. The summed E-state index contributed by atoms with van der Waals surface area (Å²) in [6, 6.07) is 6.94. The van der Waals surface area contributed by atoms with Crippen molar-refractivity contribution in [2.24, 2.45) is 0 Å². The fourth-order valence-electron chi connectivity index (χ4n) is 3.79. The lowest BCUT2D eigenvalue weighted by molar-refractivity contribution is -0.120. The Morgan fingerprint density at radius 3 is 2.79 bits per heavy atom. The van der Waals surface area contributed by atoms with Crippen LogP contribution < -0.4 is 10.3 Å². The second-order valence-electron chi connectivity index (χ2n) is 6.83. The van der Waals surface area contributed by atoms with Crippen molar-refractivity contribution < 1.29 is 24.2 Å². The molecule has 0 amide bonds. The van der Waals surface area contributed by atoms with Crippen LogP contribution in [0.15, 0.2) is 29.1 Å². The number of fused-ring (bicyclic) bond motifs is 4. The Morgan fingerprint density at radius 2 is 2.10 bits per heavy atom. The molecular weight excluding hydrogens is 376 g/mol. The first-order chi connectivity index (χ1) is 14.0. The maximum Gasteiger partial charge on any atom is 0.298 e. The summed E-state index contributed by atoms with van der Waals surface area (Å²) in [4.78, 5) is 39.6. The van der Waals surface area contributed by atoms with Crippen LogP contribution in [0.25, 0.3) is 22.3 Å². The number of methoxy groups -OCH3 is 1. The summed E-state index contributed by atoms with van der Waals surface area (Å²) in [5, 5.41) is 10.9. The van der Waals surface area contributed by atoms with Gasteiger partial charge in [-0.2, -0.15) is 0 Å². The Morgan fingerprint density at radius 1 is 1.31 bits per heavy atom. The number of pyridine rings is 2. The van der Waals surface area contributed by atoms with Gasteiger partial charge in [0.1, 0.15) is 11.9 Å². The molecule has 0 bridgehead atoms. The van der Waals surface area contributed by atoms with Gasteiger partial charge in [-0.05, 0) is 31.2 Å². The first-order valence-corrected chi connectivity index (χ1v) is 8.93. The molecule has 148 valence electrons. The van der Waals surface area contributed by atoms with Crippen molar-refractivity contribution in [3.63, 3.8) is 0 Å². The topological polar surface area (TPSA) is 108 Å². The zero-order valence-electron chi connectivity index (χ0n) is 15.8. The third-order valence-electron chi connectivity index (χ3n) is 5.21. The number of carbonyl (C=O) groups is 2. The number of aromatic nitrogens is 2. The molecule has 0 aliphatic carbocycles. The molecule has 2 aromatic heterocycles. The van der Waals surface area contributed by atoms with Crippen LogP contribution in [-0.4, -0.2) is 34.5 Å². The molecule has 1 N–H and O–H groups in total. The van der Waals surface area contributed by atoms with Gasteiger partial charge < -0.3 is 23.9 Å². The van der Waals surface area contributed by atoms with Crippen molar-refractivity contribution in [2.75, 3.05) is 7.11 Å². The molecule has 1 aliphatic heterocycles. The highest BCUT2D eigenvalue weighted by atomic mass is 16.5. The monoisotopic (exact) mass is 394 g/mol. The van der Waals surface area contributed by atoms with E-state index < -0.39 is 6.10 Å². The predicted octanol–water partition coefficient (Wildman–Crippen LogP) is 1.65. The van der Waals surface area contributed by atoms with Crippen LogP contribution in [0.1, 0.15) is 28.4 Å². The maximum absolute atomic E-state index is 13.0. The van der Waals surface area contributed by atoms with Crippen LogP contribution in [0.5, 0.6) is 5.75 Å². The molecule has 1 atom stereocenters. The standard InChI is InChI=1S/C21H18N2O6/c1-11-13-5-12-7-23-17(20(12)22-16(13)3-4-19(11)29-10-25)6-14(18(26)8-24)15(9-28-2)21(23)27/h3-6,8,10,18,26H,7,9H2,1-2H3. The van der Waals surface area contributed by atoms with Crippen LogP contribution in [-0.2, 0) is 27.5 Å². The fourth-order valence-corrected chi connectivity index (χ4v) is 3.79. The van der Waals surface area contributed by atoms with E-state index in [9.17, 15) is 19.5 Å². The van der Waals surface area contributed by atoms with E-state index in [0.29, 0.717) is 42.0 Å². The Labute approximate surface area is 165 Å². The van der Waals surface area contributed by atoms with Crippen molar-refractivity contribution in [3.05, 3.63) is 56.9 Å². The van der Waals surface area contributed by atoms with Crippen LogP contribution >= 0.6 is 0 Å². The number of aliphatic hydroxyl groups is 1. The van der Waals surface area contributed by atoms with Gasteiger partial charge in [0.15, 0.2) is 6.29 Å². The number of hydrogen-bond acceptors (Lipinski definition) is 7. The summed E-state index contributed by atoms with van der Waals surface area (Å²) in [6.45, 7) is 2.50. The van der Waals surface area contributed by atoms with Crippen LogP contribution in [0, 0.1) is 6.92 Å². The zero-order chi connectivity index (χ0) is 20.7. The minimum atomic E-state index is -1.42. The molecule has 0 fully saturated rings. The first kappa shape index (κ1) is 19.0. The summed E-state index contributed by atoms with van der Waals surface area (Å²) in [7, 11) is 1.44. The predicted molar refractivity (Wildman–Crippen MR) is 104 cm³/mol. The average Bonchev–Trinajstić information content (AvgIpc) is 3.08. The van der Waals surface area contributed by atoms with E-state index in [4.69, 9.17) is 14.5 Å². The average molecular weight is 394 g/mol. The molecule has 0 saturated carbocycles. The number of ether oxygens (including phenoxy) is 2. The summed E-state index contributed by atoms with van der Waals surface area (Å²) in [5.74, 6) is 0.445. The molecule has 8 heteroatoms. The second-order valence-corrected chi connectivity index (χ2v) is 6.83. The van der Waals surface area contributed by atoms with Gasteiger partial charge in [0.25, 0.3) is 12.0 Å². The van der Waals surface area contributed by atoms with Gasteiger partial charge >= 0.3 is 0 Å². The van der Waals surface area contributed by atoms with Gasteiger partial charge in [-0.15, -0.1) is 0 Å². The van der Waals surface area contributed by atoms with Gasteiger partial charge in [-0.1, -0.05) is 0 Å². The summed E-state index contributed by atoms with van der Waals surface area (Å²) >= 11 is 0. The van der Waals surface area contributed by atoms with Crippen molar-refractivity contribution in [2.45, 2.75) is 26.2 Å². The Kier molecular flexibility index (Phi) is 4.73. The number of aryl methyl sites for hydroxylation is 1. The fraction of sp³-hybridized carbons (Fsp3) is 0.238. The Balaban J connectivity index is 1.95. The molecule has 0 spiro atoms. The smallest absolute Gasteiger partial charge is 0.298 e.